The predicted molar refractivity (Wildman–Crippen MR) is 121 cm³/mol. The number of phenolic OH excluding ortho intramolecular Hbond substituents is 1. The number of hydrazine groups is 1. The van der Waals surface area contributed by atoms with Crippen LogP contribution in [0.25, 0.3) is 0 Å². The van der Waals surface area contributed by atoms with E-state index in [0.29, 0.717) is 38.5 Å². The molecule has 0 unspecified atom stereocenters. The third kappa shape index (κ3) is 3.78. The lowest BCUT2D eigenvalue weighted by Gasteiger charge is -2.38. The molecule has 168 valence electrons. The summed E-state index contributed by atoms with van der Waals surface area (Å²) < 4.78 is 16.6. The minimum Gasteiger partial charge on any atom is -0.508 e. The Balaban J connectivity index is 1.54. The van der Waals surface area contributed by atoms with Crippen LogP contribution in [0.4, 0.5) is 5.69 Å². The second-order valence-electron chi connectivity index (χ2n) is 7.35. The second-order valence-corrected chi connectivity index (χ2v) is 8.26. The van der Waals surface area contributed by atoms with Crippen molar-refractivity contribution < 1.29 is 28.9 Å². The van der Waals surface area contributed by atoms with Crippen LogP contribution in [0, 0.1) is 0 Å². The highest BCUT2D eigenvalue weighted by Gasteiger charge is 2.36. The molecule has 3 N–H and O–H groups in total. The van der Waals surface area contributed by atoms with Gasteiger partial charge in [-0.05, 0) is 54.6 Å². The number of ether oxygens (including phenoxy) is 3. The quantitative estimate of drug-likeness (QED) is 0.488. The lowest BCUT2D eigenvalue weighted by atomic mass is 10.0. The van der Waals surface area contributed by atoms with Gasteiger partial charge < -0.3 is 24.6 Å². The van der Waals surface area contributed by atoms with Crippen LogP contribution < -0.4 is 25.0 Å². The van der Waals surface area contributed by atoms with E-state index in [1.54, 1.807) is 48.5 Å². The van der Waals surface area contributed by atoms with E-state index in [4.69, 9.17) is 14.2 Å². The molecule has 33 heavy (non-hydrogen) atoms. The van der Waals surface area contributed by atoms with Crippen LogP contribution in [0.5, 0.6) is 23.0 Å². The molecule has 0 spiro atoms. The fourth-order valence-corrected chi connectivity index (χ4v) is 4.06. The minimum absolute atomic E-state index is 0.0657. The maximum atomic E-state index is 13.5. The van der Waals surface area contributed by atoms with Crippen LogP contribution >= 0.6 is 15.9 Å². The molecule has 1 atom stereocenters. The highest BCUT2D eigenvalue weighted by molar-refractivity contribution is 9.10. The number of aromatic hydroxyl groups is 1. The molecule has 0 saturated carbocycles. The van der Waals surface area contributed by atoms with Crippen LogP contribution in [0.1, 0.15) is 32.4 Å². The van der Waals surface area contributed by atoms with Crippen molar-refractivity contribution in [2.45, 2.75) is 6.17 Å². The highest BCUT2D eigenvalue weighted by Crippen LogP contribution is 2.38. The van der Waals surface area contributed by atoms with Gasteiger partial charge in [-0.3, -0.25) is 15.0 Å². The van der Waals surface area contributed by atoms with Crippen molar-refractivity contribution in [3.05, 3.63) is 75.8 Å². The smallest absolute Gasteiger partial charge is 0.276 e. The third-order valence-corrected chi connectivity index (χ3v) is 5.86. The Morgan fingerprint density at radius 3 is 2.79 bits per heavy atom. The number of hydrogen-bond donors (Lipinski definition) is 3. The topological polar surface area (TPSA) is 109 Å². The maximum Gasteiger partial charge on any atom is 0.276 e. The zero-order chi connectivity index (χ0) is 23.1. The molecule has 2 aliphatic rings. The van der Waals surface area contributed by atoms with E-state index in [1.807, 2.05) is 0 Å². The number of benzene rings is 3. The van der Waals surface area contributed by atoms with Gasteiger partial charge in [0, 0.05) is 21.3 Å². The van der Waals surface area contributed by atoms with Gasteiger partial charge in [0.05, 0.1) is 12.7 Å². The summed E-state index contributed by atoms with van der Waals surface area (Å²) in [6.45, 7) is 0.0811. The van der Waals surface area contributed by atoms with Gasteiger partial charge in [-0.1, -0.05) is 15.9 Å². The van der Waals surface area contributed by atoms with Gasteiger partial charge in [0.1, 0.15) is 11.5 Å². The number of carbonyl (C=O) groups is 2. The molecule has 0 radical (unpaired) electrons. The number of anilines is 1. The molecule has 2 heterocycles. The van der Waals surface area contributed by atoms with Gasteiger partial charge in [0.25, 0.3) is 11.8 Å². The van der Waals surface area contributed by atoms with E-state index in [9.17, 15) is 14.7 Å². The first-order chi connectivity index (χ1) is 15.9. The number of fused-ring (bicyclic) bond motifs is 2. The molecule has 3 aromatic rings. The lowest BCUT2D eigenvalue weighted by molar-refractivity contribution is 0.0488. The normalized spacial score (nSPS) is 16.1. The number of hydrogen-bond acceptors (Lipinski definition) is 7. The van der Waals surface area contributed by atoms with Crippen molar-refractivity contribution in [2.75, 3.05) is 19.2 Å². The molecule has 0 bridgehead atoms. The number of carbonyl (C=O) groups excluding carboxylic acids is 2. The Kier molecular flexibility index (Phi) is 5.21. The predicted octanol–water partition coefficient (Wildman–Crippen LogP) is 3.80. The lowest BCUT2D eigenvalue weighted by Crippen LogP contribution is -2.52. The Labute approximate surface area is 197 Å². The van der Waals surface area contributed by atoms with Crippen molar-refractivity contribution in [1.29, 1.82) is 0 Å². The van der Waals surface area contributed by atoms with E-state index in [0.717, 1.165) is 5.01 Å². The summed E-state index contributed by atoms with van der Waals surface area (Å²) in [6.07, 6.45) is -0.903. The van der Waals surface area contributed by atoms with Crippen LogP contribution in [0.15, 0.2) is 59.1 Å². The average Bonchev–Trinajstić information content (AvgIpc) is 3.29. The minimum atomic E-state index is -0.903. The van der Waals surface area contributed by atoms with E-state index in [1.165, 1.54) is 13.2 Å². The van der Waals surface area contributed by atoms with E-state index < -0.39 is 18.0 Å². The van der Waals surface area contributed by atoms with Crippen molar-refractivity contribution in [3.8, 4) is 23.0 Å². The summed E-state index contributed by atoms with van der Waals surface area (Å²) in [5.74, 6) is 0.424. The molecule has 9 nitrogen and oxygen atoms in total. The molecule has 0 saturated heterocycles. The number of nitrogens with one attached hydrogen (secondary N) is 2. The van der Waals surface area contributed by atoms with Crippen LogP contribution in [-0.4, -0.2) is 35.8 Å². The summed E-state index contributed by atoms with van der Waals surface area (Å²) in [5.41, 5.74) is 4.21. The molecular formula is C23H18BrN3O6. The SMILES string of the molecule is COc1ccc(O)c([C@@H]2Nc3ccc(Br)cc3C(=O)N2NC(=O)c2ccc3c(c2)OCO3)c1. The van der Waals surface area contributed by atoms with Gasteiger partial charge in [0.15, 0.2) is 17.7 Å². The van der Waals surface area contributed by atoms with Gasteiger partial charge in [-0.2, -0.15) is 0 Å². The summed E-state index contributed by atoms with van der Waals surface area (Å²) in [5, 5.41) is 14.9. The van der Waals surface area contributed by atoms with Crippen molar-refractivity contribution in [1.82, 2.24) is 10.4 Å². The number of rotatable bonds is 4. The highest BCUT2D eigenvalue weighted by atomic mass is 79.9. The zero-order valence-corrected chi connectivity index (χ0v) is 18.9. The Morgan fingerprint density at radius 2 is 1.97 bits per heavy atom. The number of amides is 2. The van der Waals surface area contributed by atoms with Crippen LogP contribution in [-0.2, 0) is 0 Å². The van der Waals surface area contributed by atoms with E-state index in [2.05, 4.69) is 26.7 Å². The number of halogens is 1. The molecular weight excluding hydrogens is 494 g/mol. The van der Waals surface area contributed by atoms with E-state index >= 15 is 0 Å². The van der Waals surface area contributed by atoms with Crippen molar-refractivity contribution in [3.63, 3.8) is 0 Å². The summed E-state index contributed by atoms with van der Waals surface area (Å²) in [4.78, 5) is 26.6. The Bertz CT molecular complexity index is 1280. The number of phenols is 1. The first-order valence-electron chi connectivity index (χ1n) is 9.92. The molecule has 3 aromatic carbocycles. The van der Waals surface area contributed by atoms with Crippen molar-refractivity contribution in [2.24, 2.45) is 0 Å². The first kappa shape index (κ1) is 21.0. The van der Waals surface area contributed by atoms with E-state index in [-0.39, 0.29) is 18.1 Å². The van der Waals surface area contributed by atoms with Gasteiger partial charge >= 0.3 is 0 Å². The van der Waals surface area contributed by atoms with Crippen LogP contribution in [0.3, 0.4) is 0 Å². The summed E-state index contributed by atoms with van der Waals surface area (Å²) in [7, 11) is 1.50. The first-order valence-corrected chi connectivity index (χ1v) is 10.7. The number of nitrogens with zero attached hydrogens (tertiary/aromatic N) is 1. The third-order valence-electron chi connectivity index (χ3n) is 5.37. The number of methoxy groups -OCH3 is 1. The molecule has 10 heteroatoms. The van der Waals surface area contributed by atoms with Gasteiger partial charge in [-0.15, -0.1) is 0 Å². The fourth-order valence-electron chi connectivity index (χ4n) is 3.70. The average molecular weight is 512 g/mol. The second kappa shape index (κ2) is 8.21. The molecule has 2 amide bonds. The van der Waals surface area contributed by atoms with Gasteiger partial charge in [-0.25, -0.2) is 5.01 Å². The summed E-state index contributed by atoms with van der Waals surface area (Å²) >= 11 is 3.38. The monoisotopic (exact) mass is 511 g/mol. The molecule has 0 aromatic heterocycles. The Hall–Kier alpha value is -3.92. The van der Waals surface area contributed by atoms with Crippen LogP contribution in [0.2, 0.25) is 0 Å². The molecule has 0 aliphatic carbocycles. The Morgan fingerprint density at radius 1 is 1.15 bits per heavy atom. The largest absolute Gasteiger partial charge is 0.508 e. The zero-order valence-electron chi connectivity index (χ0n) is 17.3. The van der Waals surface area contributed by atoms with Crippen molar-refractivity contribution >= 4 is 33.4 Å². The molecule has 2 aliphatic heterocycles. The molecule has 5 rings (SSSR count). The molecule has 0 fully saturated rings. The summed E-state index contributed by atoms with van der Waals surface area (Å²) in [6, 6.07) is 14.6. The fraction of sp³-hybridized carbons (Fsp3) is 0.130. The maximum absolute atomic E-state index is 13.5. The van der Waals surface area contributed by atoms with Gasteiger partial charge in [0.2, 0.25) is 6.79 Å². The standard InChI is InChI=1S/C23H18BrN3O6/c1-31-14-4-6-18(28)16(10-14)21-25-17-5-3-13(24)9-15(17)23(30)27(21)26-22(29)12-2-7-19-20(8-12)33-11-32-19/h2-10,21,25,28H,11H2,1H3,(H,26,29)/t21-/m1/s1.